The molecule has 11 heteroatoms. The predicted octanol–water partition coefficient (Wildman–Crippen LogP) is 7.61. The van der Waals surface area contributed by atoms with E-state index in [1.807, 2.05) is 18.2 Å². The van der Waals surface area contributed by atoms with Crippen molar-refractivity contribution in [1.29, 1.82) is 0 Å². The highest BCUT2D eigenvalue weighted by atomic mass is 35.5. The van der Waals surface area contributed by atoms with Gasteiger partial charge in [-0.1, -0.05) is 53.5 Å². The molecule has 2 saturated heterocycles. The van der Waals surface area contributed by atoms with Crippen LogP contribution in [0.5, 0.6) is 11.5 Å². The first kappa shape index (κ1) is 35.0. The zero-order chi connectivity index (χ0) is 35.3. The summed E-state index contributed by atoms with van der Waals surface area (Å²) in [6, 6.07) is 19.3. The lowest BCUT2D eigenvalue weighted by Crippen LogP contribution is -2.32. The quantitative estimate of drug-likeness (QED) is 0.0731. The van der Waals surface area contributed by atoms with Crippen LogP contribution in [0.1, 0.15) is 49.1 Å². The highest BCUT2D eigenvalue weighted by Crippen LogP contribution is 2.32. The molecule has 2 aliphatic rings. The van der Waals surface area contributed by atoms with Crippen molar-refractivity contribution in [3.63, 3.8) is 0 Å². The van der Waals surface area contributed by atoms with Crippen LogP contribution in [0, 0.1) is 5.92 Å². The van der Waals surface area contributed by atoms with Crippen LogP contribution in [0.15, 0.2) is 79.1 Å². The molecule has 0 saturated carbocycles. The van der Waals surface area contributed by atoms with E-state index in [1.165, 1.54) is 12.8 Å². The fraction of sp³-hybridized carbons (Fsp3) is 0.325. The first-order valence-corrected chi connectivity index (χ1v) is 18.1. The number of nitrogens with zero attached hydrogens (tertiary/aromatic N) is 4. The molecular formula is C40H38Cl2N4O5. The Bertz CT molecular complexity index is 2100. The van der Waals surface area contributed by atoms with Crippen LogP contribution in [0.4, 0.5) is 0 Å². The van der Waals surface area contributed by atoms with Crippen molar-refractivity contribution >= 4 is 62.5 Å². The van der Waals surface area contributed by atoms with Crippen LogP contribution >= 0.6 is 23.2 Å². The largest absolute Gasteiger partial charge is 0.426 e. The molecule has 262 valence electrons. The van der Waals surface area contributed by atoms with Crippen LogP contribution in [-0.4, -0.2) is 63.7 Å². The molecule has 2 aliphatic heterocycles. The fourth-order valence-electron chi connectivity index (χ4n) is 7.03. The van der Waals surface area contributed by atoms with Gasteiger partial charge in [-0.25, -0.2) is 0 Å². The summed E-state index contributed by atoms with van der Waals surface area (Å²) in [7, 11) is 0. The molecule has 0 bridgehead atoms. The standard InChI is InChI=1S/C40H38Cl2N4O5/c41-32-12-11-26(21-33(32)42)22-36(47)31(40(49)51-38-10-6-8-28-30(38)14-16-44-35(28)25-46-19-3-4-20-46)23-39(48)50-37-9-5-7-27-29(37)13-15-43-34(27)24-45-17-1-2-18-45/h5-16,21,31H,1-4,17-20,22-25H2. The molecule has 2 fully saturated rings. The Hall–Kier alpha value is -4.41. The van der Waals surface area contributed by atoms with Gasteiger partial charge in [0.2, 0.25) is 0 Å². The first-order valence-electron chi connectivity index (χ1n) is 17.4. The minimum atomic E-state index is -1.45. The van der Waals surface area contributed by atoms with E-state index >= 15 is 0 Å². The third-order valence-corrected chi connectivity index (χ3v) is 10.4. The molecule has 0 amide bonds. The number of aromatic nitrogens is 2. The number of pyridine rings is 2. The van der Waals surface area contributed by atoms with Crippen molar-refractivity contribution in [2.75, 3.05) is 26.2 Å². The van der Waals surface area contributed by atoms with Gasteiger partial charge in [0.1, 0.15) is 17.4 Å². The number of halogens is 2. The average molecular weight is 726 g/mol. The number of ether oxygens (including phenoxy) is 2. The molecule has 0 radical (unpaired) electrons. The molecule has 51 heavy (non-hydrogen) atoms. The average Bonchev–Trinajstić information content (AvgIpc) is 3.84. The molecule has 2 aromatic heterocycles. The van der Waals surface area contributed by atoms with Gasteiger partial charge in [-0.15, -0.1) is 0 Å². The lowest BCUT2D eigenvalue weighted by atomic mass is 9.95. The number of carbonyl (C=O) groups is 3. The third kappa shape index (κ3) is 8.23. The van der Waals surface area contributed by atoms with Crippen molar-refractivity contribution in [1.82, 2.24) is 19.8 Å². The van der Waals surface area contributed by atoms with Gasteiger partial charge >= 0.3 is 11.9 Å². The highest BCUT2D eigenvalue weighted by Gasteiger charge is 2.33. The molecule has 1 atom stereocenters. The molecule has 0 spiro atoms. The minimum absolute atomic E-state index is 0.164. The maximum Gasteiger partial charge on any atom is 0.322 e. The highest BCUT2D eigenvalue weighted by molar-refractivity contribution is 6.42. The van der Waals surface area contributed by atoms with Crippen molar-refractivity contribution < 1.29 is 23.9 Å². The number of rotatable bonds is 12. The topological polar surface area (TPSA) is 102 Å². The number of esters is 2. The van der Waals surface area contributed by atoms with E-state index < -0.39 is 30.1 Å². The molecule has 4 heterocycles. The molecule has 9 nitrogen and oxygen atoms in total. The molecule has 3 aromatic carbocycles. The van der Waals surface area contributed by atoms with Gasteiger partial charge in [-0.05, 0) is 93.8 Å². The van der Waals surface area contributed by atoms with Crippen molar-refractivity contribution in [3.8, 4) is 11.5 Å². The molecule has 7 rings (SSSR count). The Morgan fingerprint density at radius 2 is 1.22 bits per heavy atom. The first-order chi connectivity index (χ1) is 24.8. The maximum atomic E-state index is 13.9. The second kappa shape index (κ2) is 15.9. The van der Waals surface area contributed by atoms with Gasteiger partial charge in [0.25, 0.3) is 0 Å². The number of hydrogen-bond acceptors (Lipinski definition) is 9. The number of ketones is 1. The zero-order valence-corrected chi connectivity index (χ0v) is 29.7. The lowest BCUT2D eigenvalue weighted by molar-refractivity contribution is -0.149. The Kier molecular flexibility index (Phi) is 10.9. The van der Waals surface area contributed by atoms with Gasteiger partial charge in [0.05, 0.1) is 27.9 Å². The summed E-state index contributed by atoms with van der Waals surface area (Å²) in [5.41, 5.74) is 2.34. The van der Waals surface area contributed by atoms with E-state index in [-0.39, 0.29) is 17.2 Å². The molecule has 1 unspecified atom stereocenters. The summed E-state index contributed by atoms with van der Waals surface area (Å²) in [5.74, 6) is -2.93. The zero-order valence-electron chi connectivity index (χ0n) is 28.2. The van der Waals surface area contributed by atoms with Crippen molar-refractivity contribution in [2.45, 2.75) is 51.6 Å². The number of likely N-dealkylation sites (tertiary alicyclic amines) is 2. The fourth-order valence-corrected chi connectivity index (χ4v) is 7.35. The Morgan fingerprint density at radius 1 is 0.667 bits per heavy atom. The number of benzene rings is 3. The maximum absolute atomic E-state index is 13.9. The van der Waals surface area contributed by atoms with Crippen molar-refractivity contribution in [3.05, 3.63) is 106 Å². The number of carbonyl (C=O) groups excluding carboxylic acids is 3. The Balaban J connectivity index is 1.14. The van der Waals surface area contributed by atoms with E-state index in [0.717, 1.165) is 66.6 Å². The normalized spacial score (nSPS) is 15.7. The Labute approximate surface area is 306 Å². The summed E-state index contributed by atoms with van der Waals surface area (Å²) < 4.78 is 11.8. The van der Waals surface area contributed by atoms with Gasteiger partial charge in [0, 0.05) is 53.4 Å². The summed E-state index contributed by atoms with van der Waals surface area (Å²) in [4.78, 5) is 55.4. The van der Waals surface area contributed by atoms with Gasteiger partial charge in [-0.3, -0.25) is 34.2 Å². The second-order valence-corrected chi connectivity index (χ2v) is 14.0. The monoisotopic (exact) mass is 724 g/mol. The van der Waals surface area contributed by atoms with E-state index in [0.29, 0.717) is 34.8 Å². The van der Waals surface area contributed by atoms with E-state index in [4.69, 9.17) is 32.7 Å². The summed E-state index contributed by atoms with van der Waals surface area (Å²) in [6.07, 6.45) is 7.37. The summed E-state index contributed by atoms with van der Waals surface area (Å²) in [5, 5.41) is 3.80. The number of fused-ring (bicyclic) bond motifs is 2. The SMILES string of the molecule is O=C(CC(C(=O)Cc1ccc(Cl)c(Cl)c1)C(=O)Oc1cccc2c(CN3CCCC3)nccc12)Oc1cccc2c(CN3CCCC3)nccc12. The smallest absolute Gasteiger partial charge is 0.322 e. The molecular weight excluding hydrogens is 687 g/mol. The number of hydrogen-bond donors (Lipinski definition) is 0. The predicted molar refractivity (Wildman–Crippen MR) is 197 cm³/mol. The van der Waals surface area contributed by atoms with Crippen LogP contribution in [0.3, 0.4) is 0 Å². The second-order valence-electron chi connectivity index (χ2n) is 13.2. The van der Waals surface area contributed by atoms with Gasteiger partial charge < -0.3 is 9.47 Å². The lowest BCUT2D eigenvalue weighted by Gasteiger charge is -2.18. The molecule has 0 N–H and O–H groups in total. The van der Waals surface area contributed by atoms with E-state index in [9.17, 15) is 14.4 Å². The van der Waals surface area contributed by atoms with E-state index in [1.54, 1.807) is 60.9 Å². The number of Topliss-reactive ketones (excluding diaryl/α,β-unsaturated/α-hetero) is 1. The van der Waals surface area contributed by atoms with Crippen LogP contribution in [-0.2, 0) is 33.9 Å². The van der Waals surface area contributed by atoms with Gasteiger partial charge in [-0.2, -0.15) is 0 Å². The minimum Gasteiger partial charge on any atom is -0.426 e. The molecule has 5 aromatic rings. The third-order valence-electron chi connectivity index (χ3n) is 9.68. The van der Waals surface area contributed by atoms with Crippen LogP contribution in [0.2, 0.25) is 10.0 Å². The Morgan fingerprint density at radius 3 is 1.76 bits per heavy atom. The van der Waals surface area contributed by atoms with Gasteiger partial charge in [0.15, 0.2) is 5.78 Å². The van der Waals surface area contributed by atoms with Crippen LogP contribution in [0.25, 0.3) is 21.5 Å². The summed E-state index contributed by atoms with van der Waals surface area (Å²) >= 11 is 12.3. The van der Waals surface area contributed by atoms with Crippen molar-refractivity contribution in [2.24, 2.45) is 5.92 Å². The van der Waals surface area contributed by atoms with Crippen LogP contribution < -0.4 is 9.47 Å². The summed E-state index contributed by atoms with van der Waals surface area (Å²) in [6.45, 7) is 5.47. The molecule has 0 aliphatic carbocycles. The van der Waals surface area contributed by atoms with E-state index in [2.05, 4.69) is 19.8 Å².